The molecule has 0 saturated heterocycles. The third kappa shape index (κ3) is 3.04. The Hall–Kier alpha value is -2.93. The molecule has 0 heterocycles. The summed E-state index contributed by atoms with van der Waals surface area (Å²) in [6, 6.07) is 15.4. The van der Waals surface area contributed by atoms with Crippen LogP contribution in [-0.4, -0.2) is 13.7 Å². The molecular formula is C18H19N3O. The third-order valence-corrected chi connectivity index (χ3v) is 3.48. The first-order chi connectivity index (χ1) is 10.6. The van der Waals surface area contributed by atoms with Gasteiger partial charge in [-0.2, -0.15) is 5.26 Å². The summed E-state index contributed by atoms with van der Waals surface area (Å²) in [6.45, 7) is 6.62. The first-order valence-electron chi connectivity index (χ1n) is 7.01. The van der Waals surface area contributed by atoms with Crippen molar-refractivity contribution in [1.82, 2.24) is 0 Å². The Labute approximate surface area is 131 Å². The molecule has 0 atom stereocenters. The molecule has 0 amide bonds. The largest absolute Gasteiger partial charge is 0.497 e. The third-order valence-electron chi connectivity index (χ3n) is 3.48. The molecule has 0 aliphatic carbocycles. The molecule has 0 aliphatic heterocycles. The second-order valence-electron chi connectivity index (χ2n) is 4.81. The van der Waals surface area contributed by atoms with Crippen LogP contribution in [0.25, 0.3) is 5.57 Å². The van der Waals surface area contributed by atoms with Crippen LogP contribution < -0.4 is 15.4 Å². The van der Waals surface area contributed by atoms with Crippen molar-refractivity contribution in [2.45, 2.75) is 6.92 Å². The maximum atomic E-state index is 9.18. The van der Waals surface area contributed by atoms with E-state index in [1.54, 1.807) is 7.11 Å². The molecule has 2 rings (SSSR count). The van der Waals surface area contributed by atoms with Gasteiger partial charge in [-0.15, -0.1) is 0 Å². The minimum Gasteiger partial charge on any atom is -0.497 e. The van der Waals surface area contributed by atoms with Gasteiger partial charge in [-0.25, -0.2) is 0 Å². The maximum absolute atomic E-state index is 9.18. The molecule has 0 spiro atoms. The van der Waals surface area contributed by atoms with Gasteiger partial charge in [0.2, 0.25) is 0 Å². The first kappa shape index (κ1) is 15.5. The summed E-state index contributed by atoms with van der Waals surface area (Å²) in [5, 5.41) is 9.18. The van der Waals surface area contributed by atoms with Crippen LogP contribution in [0, 0.1) is 11.3 Å². The van der Waals surface area contributed by atoms with E-state index in [1.165, 1.54) is 0 Å². The van der Waals surface area contributed by atoms with E-state index in [0.29, 0.717) is 11.3 Å². The average molecular weight is 293 g/mol. The van der Waals surface area contributed by atoms with Gasteiger partial charge >= 0.3 is 0 Å². The van der Waals surface area contributed by atoms with Crippen molar-refractivity contribution in [3.63, 3.8) is 0 Å². The second-order valence-corrected chi connectivity index (χ2v) is 4.81. The lowest BCUT2D eigenvalue weighted by Crippen LogP contribution is -2.17. The lowest BCUT2D eigenvalue weighted by molar-refractivity contribution is 0.415. The molecule has 22 heavy (non-hydrogen) atoms. The van der Waals surface area contributed by atoms with Crippen LogP contribution >= 0.6 is 0 Å². The number of rotatable bonds is 5. The number of ether oxygens (including phenoxy) is 1. The normalized spacial score (nSPS) is 9.86. The summed E-state index contributed by atoms with van der Waals surface area (Å²) >= 11 is 0. The number of nitrogen functional groups attached to an aromatic ring is 1. The van der Waals surface area contributed by atoms with Crippen molar-refractivity contribution in [3.05, 3.63) is 54.6 Å². The van der Waals surface area contributed by atoms with Gasteiger partial charge in [0.25, 0.3) is 0 Å². The summed E-state index contributed by atoms with van der Waals surface area (Å²) in [4.78, 5) is 2.10. The Bertz CT molecular complexity index is 714. The highest BCUT2D eigenvalue weighted by Gasteiger charge is 2.15. The molecule has 4 nitrogen and oxygen atoms in total. The van der Waals surface area contributed by atoms with E-state index in [-0.39, 0.29) is 0 Å². The smallest absolute Gasteiger partial charge is 0.120 e. The van der Waals surface area contributed by atoms with Crippen LogP contribution in [-0.2, 0) is 0 Å². The van der Waals surface area contributed by atoms with E-state index in [0.717, 1.165) is 29.2 Å². The highest BCUT2D eigenvalue weighted by Crippen LogP contribution is 2.35. The zero-order chi connectivity index (χ0) is 16.1. The molecular weight excluding hydrogens is 274 g/mol. The number of nitrogens with zero attached hydrogens (tertiary/aromatic N) is 2. The fourth-order valence-corrected chi connectivity index (χ4v) is 2.32. The Morgan fingerprint density at radius 2 is 1.95 bits per heavy atom. The Kier molecular flexibility index (Phi) is 4.70. The summed E-state index contributed by atoms with van der Waals surface area (Å²) < 4.78 is 5.31. The summed E-state index contributed by atoms with van der Waals surface area (Å²) in [6.07, 6.45) is 0. The fourth-order valence-electron chi connectivity index (χ4n) is 2.32. The van der Waals surface area contributed by atoms with Gasteiger partial charge in [0.1, 0.15) is 5.75 Å². The first-order valence-corrected chi connectivity index (χ1v) is 7.01. The van der Waals surface area contributed by atoms with Gasteiger partial charge in [0, 0.05) is 29.5 Å². The molecule has 0 saturated carbocycles. The van der Waals surface area contributed by atoms with Gasteiger partial charge in [0.15, 0.2) is 0 Å². The molecule has 2 aromatic rings. The molecule has 0 fully saturated rings. The number of anilines is 3. The maximum Gasteiger partial charge on any atom is 0.120 e. The number of hydrogen-bond donors (Lipinski definition) is 1. The molecule has 4 heteroatoms. The van der Waals surface area contributed by atoms with E-state index in [9.17, 15) is 5.26 Å². The SMILES string of the molecule is C=C(C#N)c1ccc(OC)cc1N(CC)c1ccc(N)cc1. The molecule has 112 valence electrons. The van der Waals surface area contributed by atoms with E-state index >= 15 is 0 Å². The molecule has 0 aromatic heterocycles. The van der Waals surface area contributed by atoms with E-state index in [2.05, 4.69) is 24.5 Å². The van der Waals surface area contributed by atoms with E-state index < -0.39 is 0 Å². The zero-order valence-electron chi connectivity index (χ0n) is 12.8. The van der Waals surface area contributed by atoms with Gasteiger partial charge in [0.05, 0.1) is 24.4 Å². The Morgan fingerprint density at radius 1 is 1.27 bits per heavy atom. The van der Waals surface area contributed by atoms with Crippen LogP contribution in [0.2, 0.25) is 0 Å². The lowest BCUT2D eigenvalue weighted by Gasteiger charge is -2.26. The fraction of sp³-hybridized carbons (Fsp3) is 0.167. The number of hydrogen-bond acceptors (Lipinski definition) is 4. The number of nitrogens with two attached hydrogens (primary N) is 1. The van der Waals surface area contributed by atoms with E-state index in [4.69, 9.17) is 10.5 Å². The van der Waals surface area contributed by atoms with Gasteiger partial charge in [-0.1, -0.05) is 6.58 Å². The van der Waals surface area contributed by atoms with Crippen LogP contribution in [0.5, 0.6) is 5.75 Å². The molecule has 2 N–H and O–H groups in total. The van der Waals surface area contributed by atoms with Crippen LogP contribution in [0.15, 0.2) is 49.0 Å². The average Bonchev–Trinajstić information content (AvgIpc) is 2.56. The number of allylic oxidation sites excluding steroid dienone is 1. The van der Waals surface area contributed by atoms with Crippen LogP contribution in [0.3, 0.4) is 0 Å². The molecule has 0 unspecified atom stereocenters. The molecule has 2 aromatic carbocycles. The van der Waals surface area contributed by atoms with Crippen LogP contribution in [0.4, 0.5) is 17.1 Å². The lowest BCUT2D eigenvalue weighted by atomic mass is 10.0. The van der Waals surface area contributed by atoms with E-state index in [1.807, 2.05) is 42.5 Å². The topological polar surface area (TPSA) is 62.3 Å². The molecule has 0 radical (unpaired) electrons. The van der Waals surface area contributed by atoms with Gasteiger partial charge < -0.3 is 15.4 Å². The summed E-state index contributed by atoms with van der Waals surface area (Å²) in [5.74, 6) is 0.735. The number of nitriles is 1. The van der Waals surface area contributed by atoms with Crippen molar-refractivity contribution < 1.29 is 4.74 Å². The molecule has 0 bridgehead atoms. The Balaban J connectivity index is 2.58. The predicted octanol–water partition coefficient (Wildman–Crippen LogP) is 3.97. The minimum absolute atomic E-state index is 0.423. The number of benzene rings is 2. The van der Waals surface area contributed by atoms with Crippen molar-refractivity contribution in [1.29, 1.82) is 5.26 Å². The predicted molar refractivity (Wildman–Crippen MR) is 91.2 cm³/mol. The van der Waals surface area contributed by atoms with Crippen molar-refractivity contribution >= 4 is 22.6 Å². The van der Waals surface area contributed by atoms with Crippen molar-refractivity contribution in [2.75, 3.05) is 24.3 Å². The minimum atomic E-state index is 0.423. The zero-order valence-corrected chi connectivity index (χ0v) is 12.8. The van der Waals surface area contributed by atoms with Crippen molar-refractivity contribution in [2.24, 2.45) is 0 Å². The summed E-state index contributed by atoms with van der Waals surface area (Å²) in [5.41, 5.74) is 9.57. The highest BCUT2D eigenvalue weighted by atomic mass is 16.5. The van der Waals surface area contributed by atoms with Gasteiger partial charge in [-0.3, -0.25) is 0 Å². The summed E-state index contributed by atoms with van der Waals surface area (Å²) in [7, 11) is 1.62. The Morgan fingerprint density at radius 3 is 2.50 bits per heavy atom. The van der Waals surface area contributed by atoms with Crippen molar-refractivity contribution in [3.8, 4) is 11.8 Å². The second kappa shape index (κ2) is 6.68. The van der Waals surface area contributed by atoms with Crippen LogP contribution in [0.1, 0.15) is 12.5 Å². The molecule has 0 aliphatic rings. The highest BCUT2D eigenvalue weighted by molar-refractivity contribution is 5.86. The monoisotopic (exact) mass is 293 g/mol. The quantitative estimate of drug-likeness (QED) is 0.669. The number of methoxy groups -OCH3 is 1. The standard InChI is InChI=1S/C18H19N3O/c1-4-21(15-7-5-14(20)6-8-15)18-11-16(22-3)9-10-17(18)13(2)12-19/h5-11H,2,4,20H2,1,3H3. The van der Waals surface area contributed by atoms with Gasteiger partial charge in [-0.05, 0) is 43.3 Å².